The molecule has 3 aromatic heterocycles. The number of ether oxygens (including phenoxy) is 1. The second-order valence-corrected chi connectivity index (χ2v) is 8.61. The number of hydrogen-bond donors (Lipinski definition) is 2. The quantitative estimate of drug-likeness (QED) is 0.445. The summed E-state index contributed by atoms with van der Waals surface area (Å²) in [4.78, 5) is 22.2. The molecule has 0 unspecified atom stereocenters. The van der Waals surface area contributed by atoms with Gasteiger partial charge < -0.3 is 10.1 Å². The van der Waals surface area contributed by atoms with Gasteiger partial charge in [0.1, 0.15) is 16.6 Å². The summed E-state index contributed by atoms with van der Waals surface area (Å²) in [5.41, 5.74) is 1.59. The number of rotatable bonds is 7. The summed E-state index contributed by atoms with van der Waals surface area (Å²) in [6.45, 7) is 0.263. The van der Waals surface area contributed by atoms with Gasteiger partial charge in [0.2, 0.25) is 5.91 Å². The van der Waals surface area contributed by atoms with Crippen LogP contribution in [0.25, 0.3) is 21.3 Å². The van der Waals surface area contributed by atoms with Gasteiger partial charge in [-0.15, -0.1) is 22.7 Å². The monoisotopic (exact) mass is 445 g/mol. The average molecular weight is 446 g/mol. The summed E-state index contributed by atoms with van der Waals surface area (Å²) in [6.07, 6.45) is 0.203. The molecule has 10 heteroatoms. The third-order valence-electron chi connectivity index (χ3n) is 4.01. The first-order valence-electron chi connectivity index (χ1n) is 8.63. The van der Waals surface area contributed by atoms with Gasteiger partial charge in [0.05, 0.1) is 35.0 Å². The molecule has 0 saturated carbocycles. The fourth-order valence-electron chi connectivity index (χ4n) is 2.58. The maximum absolute atomic E-state index is 12.2. The number of thiophene rings is 1. The van der Waals surface area contributed by atoms with Crippen molar-refractivity contribution in [2.75, 3.05) is 7.11 Å². The van der Waals surface area contributed by atoms with Crippen molar-refractivity contribution < 1.29 is 9.53 Å². The van der Waals surface area contributed by atoms with Gasteiger partial charge in [-0.05, 0) is 36.4 Å². The normalized spacial score (nSPS) is 10.8. The number of methoxy groups -OCH3 is 1. The van der Waals surface area contributed by atoms with E-state index in [0.717, 1.165) is 31.2 Å². The number of halogens is 1. The Balaban J connectivity index is 1.32. The first-order valence-corrected chi connectivity index (χ1v) is 10.7. The fourth-order valence-corrected chi connectivity index (χ4v) is 4.52. The lowest BCUT2D eigenvalue weighted by Crippen LogP contribution is -2.25. The van der Waals surface area contributed by atoms with Crippen molar-refractivity contribution in [2.45, 2.75) is 13.0 Å². The number of carbonyl (C=O) groups excluding carboxylic acids is 1. The second-order valence-electron chi connectivity index (χ2n) is 6.04. The van der Waals surface area contributed by atoms with E-state index in [0.29, 0.717) is 11.6 Å². The van der Waals surface area contributed by atoms with Crippen molar-refractivity contribution in [3.63, 3.8) is 0 Å². The topological polar surface area (TPSA) is 92.8 Å². The maximum atomic E-state index is 12.2. The highest BCUT2D eigenvalue weighted by Gasteiger charge is 2.12. The van der Waals surface area contributed by atoms with Crippen LogP contribution < -0.4 is 10.1 Å². The molecule has 2 N–H and O–H groups in total. The van der Waals surface area contributed by atoms with Gasteiger partial charge >= 0.3 is 0 Å². The molecule has 0 bridgehead atoms. The van der Waals surface area contributed by atoms with Crippen LogP contribution in [0, 0.1) is 0 Å². The number of aromatic amines is 1. The third-order valence-corrected chi connectivity index (χ3v) is 6.30. The number of aromatic nitrogens is 4. The molecule has 0 radical (unpaired) electrons. The Morgan fingerprint density at radius 2 is 2.03 bits per heavy atom. The standard InChI is InChI=1S/C19H16ClN5O2S2/c1-27-13-4-2-11(3-5-13)18-23-16(24-25-18)9-21-17(26)8-12-10-28-19(22-12)14-6-7-15(20)29-14/h2-7,10H,8-9H2,1H3,(H,21,26)(H,23,24,25). The van der Waals surface area contributed by atoms with Crippen LogP contribution in [-0.2, 0) is 17.8 Å². The number of benzene rings is 1. The number of carbonyl (C=O) groups is 1. The Bertz CT molecular complexity index is 1120. The predicted octanol–water partition coefficient (Wildman–Crippen LogP) is 4.18. The zero-order chi connectivity index (χ0) is 20.2. The molecule has 3 heterocycles. The van der Waals surface area contributed by atoms with Crippen LogP contribution in [0.2, 0.25) is 4.34 Å². The average Bonchev–Trinajstić information content (AvgIpc) is 3.47. The van der Waals surface area contributed by atoms with Crippen molar-refractivity contribution in [3.8, 4) is 27.0 Å². The van der Waals surface area contributed by atoms with Crippen LogP contribution in [0.1, 0.15) is 11.5 Å². The van der Waals surface area contributed by atoms with E-state index < -0.39 is 0 Å². The molecular weight excluding hydrogens is 430 g/mol. The Morgan fingerprint density at radius 1 is 1.21 bits per heavy atom. The Hall–Kier alpha value is -2.75. The SMILES string of the molecule is COc1ccc(-c2n[nH]c(CNC(=O)Cc3csc(-c4ccc(Cl)s4)n3)n2)cc1. The van der Waals surface area contributed by atoms with Crippen LogP contribution in [-0.4, -0.2) is 33.2 Å². The molecule has 0 fully saturated rings. The highest BCUT2D eigenvalue weighted by atomic mass is 35.5. The minimum absolute atomic E-state index is 0.131. The van der Waals surface area contributed by atoms with Gasteiger partial charge in [0.15, 0.2) is 5.82 Å². The van der Waals surface area contributed by atoms with Crippen molar-refractivity contribution in [1.29, 1.82) is 0 Å². The number of nitrogens with one attached hydrogen (secondary N) is 2. The zero-order valence-corrected chi connectivity index (χ0v) is 17.7. The van der Waals surface area contributed by atoms with Crippen molar-refractivity contribution in [2.24, 2.45) is 0 Å². The molecule has 7 nitrogen and oxygen atoms in total. The third kappa shape index (κ3) is 4.81. The molecule has 0 saturated heterocycles. The minimum atomic E-state index is -0.131. The molecule has 1 aromatic carbocycles. The minimum Gasteiger partial charge on any atom is -0.497 e. The molecular formula is C19H16ClN5O2S2. The maximum Gasteiger partial charge on any atom is 0.226 e. The number of nitrogens with zero attached hydrogens (tertiary/aromatic N) is 3. The van der Waals surface area contributed by atoms with Crippen LogP contribution in [0.4, 0.5) is 0 Å². The molecule has 1 amide bonds. The predicted molar refractivity (Wildman–Crippen MR) is 114 cm³/mol. The van der Waals surface area contributed by atoms with Crippen molar-refractivity contribution >= 4 is 40.2 Å². The van der Waals surface area contributed by atoms with E-state index in [9.17, 15) is 4.79 Å². The first-order chi connectivity index (χ1) is 14.1. The highest BCUT2D eigenvalue weighted by Crippen LogP contribution is 2.32. The second kappa shape index (κ2) is 8.73. The molecule has 4 aromatic rings. The van der Waals surface area contributed by atoms with Crippen molar-refractivity contribution in [3.05, 3.63) is 57.6 Å². The smallest absolute Gasteiger partial charge is 0.226 e. The molecule has 4 rings (SSSR count). The van der Waals surface area contributed by atoms with E-state index in [1.165, 1.54) is 22.7 Å². The molecule has 0 aliphatic heterocycles. The van der Waals surface area contributed by atoms with Gasteiger partial charge in [0, 0.05) is 10.9 Å². The summed E-state index contributed by atoms with van der Waals surface area (Å²) in [6, 6.07) is 11.2. The molecule has 0 aliphatic carbocycles. The lowest BCUT2D eigenvalue weighted by atomic mass is 10.2. The first kappa shape index (κ1) is 19.6. The highest BCUT2D eigenvalue weighted by molar-refractivity contribution is 7.23. The van der Waals surface area contributed by atoms with Gasteiger partial charge in [-0.25, -0.2) is 9.97 Å². The molecule has 148 valence electrons. The van der Waals surface area contributed by atoms with E-state index in [1.807, 2.05) is 41.8 Å². The lowest BCUT2D eigenvalue weighted by molar-refractivity contribution is -0.120. The van der Waals surface area contributed by atoms with E-state index in [1.54, 1.807) is 7.11 Å². The summed E-state index contributed by atoms with van der Waals surface area (Å²) in [5, 5.41) is 12.6. The molecule has 29 heavy (non-hydrogen) atoms. The number of amides is 1. The van der Waals surface area contributed by atoms with Gasteiger partial charge in [-0.1, -0.05) is 11.6 Å². The fraction of sp³-hybridized carbons (Fsp3) is 0.158. The largest absolute Gasteiger partial charge is 0.497 e. The lowest BCUT2D eigenvalue weighted by Gasteiger charge is -2.01. The van der Waals surface area contributed by atoms with E-state index in [4.69, 9.17) is 16.3 Å². The van der Waals surface area contributed by atoms with Crippen LogP contribution in [0.5, 0.6) is 5.75 Å². The molecule has 0 aliphatic rings. The Labute approximate surface area is 179 Å². The number of thiazole rings is 1. The van der Waals surface area contributed by atoms with Crippen molar-refractivity contribution in [1.82, 2.24) is 25.5 Å². The van der Waals surface area contributed by atoms with Gasteiger partial charge in [0.25, 0.3) is 0 Å². The zero-order valence-electron chi connectivity index (χ0n) is 15.3. The summed E-state index contributed by atoms with van der Waals surface area (Å²) in [5.74, 6) is 1.78. The Kier molecular flexibility index (Phi) is 5.89. The van der Waals surface area contributed by atoms with Gasteiger partial charge in [-0.3, -0.25) is 9.89 Å². The molecule has 0 atom stereocenters. The Morgan fingerprint density at radius 3 is 2.76 bits per heavy atom. The van der Waals surface area contributed by atoms with E-state index in [2.05, 4.69) is 25.5 Å². The summed E-state index contributed by atoms with van der Waals surface area (Å²) >= 11 is 8.94. The number of H-pyrrole nitrogens is 1. The van der Waals surface area contributed by atoms with Crippen LogP contribution >= 0.6 is 34.3 Å². The van der Waals surface area contributed by atoms with Gasteiger partial charge in [-0.2, -0.15) is 5.10 Å². The van der Waals surface area contributed by atoms with Crippen LogP contribution in [0.3, 0.4) is 0 Å². The van der Waals surface area contributed by atoms with E-state index in [-0.39, 0.29) is 18.9 Å². The summed E-state index contributed by atoms with van der Waals surface area (Å²) < 4.78 is 5.86. The van der Waals surface area contributed by atoms with Crippen LogP contribution in [0.15, 0.2) is 41.8 Å². The number of hydrogen-bond acceptors (Lipinski definition) is 7. The van der Waals surface area contributed by atoms with E-state index >= 15 is 0 Å². The molecule has 0 spiro atoms. The summed E-state index contributed by atoms with van der Waals surface area (Å²) in [7, 11) is 1.62.